The maximum absolute atomic E-state index is 13.2. The van der Waals surface area contributed by atoms with E-state index in [2.05, 4.69) is 20.5 Å². The molecule has 5 nitrogen and oxygen atoms in total. The molecule has 0 bridgehead atoms. The molecule has 1 aromatic carbocycles. The van der Waals surface area contributed by atoms with Gasteiger partial charge in [-0.25, -0.2) is 9.18 Å². The predicted molar refractivity (Wildman–Crippen MR) is 91.6 cm³/mol. The minimum Gasteiger partial charge on any atom is -0.369 e. The van der Waals surface area contributed by atoms with Crippen molar-refractivity contribution >= 4 is 23.3 Å². The van der Waals surface area contributed by atoms with Gasteiger partial charge in [0.25, 0.3) is 0 Å². The fourth-order valence-corrected chi connectivity index (χ4v) is 2.89. The lowest BCUT2D eigenvalue weighted by molar-refractivity contribution is 0.237. The summed E-state index contributed by atoms with van der Waals surface area (Å²) in [5, 5.41) is 5.90. The molecule has 2 heterocycles. The van der Waals surface area contributed by atoms with E-state index in [1.54, 1.807) is 24.5 Å². The number of carbonyl (C=O) groups is 1. The van der Waals surface area contributed by atoms with Gasteiger partial charge in [0.15, 0.2) is 0 Å². The van der Waals surface area contributed by atoms with Crippen LogP contribution in [0.25, 0.3) is 0 Å². The number of nitrogens with zero attached hydrogens (tertiary/aromatic N) is 2. The van der Waals surface area contributed by atoms with Gasteiger partial charge in [0.05, 0.1) is 5.02 Å². The highest BCUT2D eigenvalue weighted by atomic mass is 35.5. The van der Waals surface area contributed by atoms with Crippen LogP contribution in [0.15, 0.2) is 42.7 Å². The molecule has 2 amide bonds. The Morgan fingerprint density at radius 3 is 2.88 bits per heavy atom. The minimum absolute atomic E-state index is 0.0475. The van der Waals surface area contributed by atoms with Crippen molar-refractivity contribution in [3.63, 3.8) is 0 Å². The number of aromatic nitrogens is 1. The Kier molecular flexibility index (Phi) is 5.15. The third-order valence-electron chi connectivity index (χ3n) is 3.99. The van der Waals surface area contributed by atoms with E-state index in [-0.39, 0.29) is 17.1 Å². The van der Waals surface area contributed by atoms with Gasteiger partial charge in [-0.2, -0.15) is 0 Å². The third-order valence-corrected chi connectivity index (χ3v) is 4.28. The Labute approximate surface area is 144 Å². The fourth-order valence-electron chi connectivity index (χ4n) is 2.71. The number of urea groups is 1. The van der Waals surface area contributed by atoms with Crippen LogP contribution in [0.4, 0.5) is 14.9 Å². The highest BCUT2D eigenvalue weighted by molar-refractivity contribution is 6.31. The number of halogens is 2. The van der Waals surface area contributed by atoms with Crippen molar-refractivity contribution in [3.05, 3.63) is 59.1 Å². The van der Waals surface area contributed by atoms with Gasteiger partial charge in [0.1, 0.15) is 5.82 Å². The standard InChI is InChI=1S/C17H18ClFN4O/c18-15-9-14(1-2-16(15)19)23-8-5-13(11-23)22-17(24)21-10-12-3-6-20-7-4-12/h1-4,6-7,9,13H,5,8,10-11H2,(H2,21,22,24)/t13-/m1/s1. The molecule has 0 radical (unpaired) electrons. The Morgan fingerprint density at radius 1 is 1.33 bits per heavy atom. The second kappa shape index (κ2) is 7.49. The zero-order valence-electron chi connectivity index (χ0n) is 13.0. The normalized spacial score (nSPS) is 16.9. The molecule has 0 aliphatic carbocycles. The number of rotatable bonds is 4. The topological polar surface area (TPSA) is 57.3 Å². The van der Waals surface area contributed by atoms with Gasteiger partial charge in [0, 0.05) is 43.8 Å². The quantitative estimate of drug-likeness (QED) is 0.893. The summed E-state index contributed by atoms with van der Waals surface area (Å²) in [6.07, 6.45) is 4.22. The molecule has 1 aromatic heterocycles. The van der Waals surface area contributed by atoms with Crippen LogP contribution in [0.2, 0.25) is 5.02 Å². The summed E-state index contributed by atoms with van der Waals surface area (Å²) in [5.41, 5.74) is 1.86. The van der Waals surface area contributed by atoms with Crippen molar-refractivity contribution in [2.45, 2.75) is 19.0 Å². The SMILES string of the molecule is O=C(NCc1ccncc1)N[C@@H]1CCN(c2ccc(F)c(Cl)c2)C1. The zero-order chi connectivity index (χ0) is 16.9. The van der Waals surface area contributed by atoms with Crippen molar-refractivity contribution < 1.29 is 9.18 Å². The molecule has 0 saturated carbocycles. The molecule has 1 aliphatic rings. The van der Waals surface area contributed by atoms with Crippen LogP contribution in [0.5, 0.6) is 0 Å². The lowest BCUT2D eigenvalue weighted by Crippen LogP contribution is -2.43. The Morgan fingerprint density at radius 2 is 2.12 bits per heavy atom. The molecule has 24 heavy (non-hydrogen) atoms. The molecule has 126 valence electrons. The predicted octanol–water partition coefficient (Wildman–Crippen LogP) is 2.95. The maximum Gasteiger partial charge on any atom is 0.315 e. The number of nitrogens with one attached hydrogen (secondary N) is 2. The first-order valence-corrected chi connectivity index (χ1v) is 8.13. The Balaban J connectivity index is 1.48. The van der Waals surface area contributed by atoms with Crippen LogP contribution in [-0.4, -0.2) is 30.1 Å². The summed E-state index contributed by atoms with van der Waals surface area (Å²) >= 11 is 5.83. The smallest absolute Gasteiger partial charge is 0.315 e. The van der Waals surface area contributed by atoms with Crippen LogP contribution in [-0.2, 0) is 6.54 Å². The number of anilines is 1. The molecule has 7 heteroatoms. The largest absolute Gasteiger partial charge is 0.369 e. The van der Waals surface area contributed by atoms with Gasteiger partial charge >= 0.3 is 6.03 Å². The second-order valence-corrected chi connectivity index (χ2v) is 6.12. The van der Waals surface area contributed by atoms with Gasteiger partial charge in [-0.1, -0.05) is 11.6 Å². The first-order chi connectivity index (χ1) is 11.6. The van der Waals surface area contributed by atoms with Crippen molar-refractivity contribution in [2.24, 2.45) is 0 Å². The molecule has 1 aliphatic heterocycles. The Bertz CT molecular complexity index is 713. The Hall–Kier alpha value is -2.34. The van der Waals surface area contributed by atoms with Crippen molar-refractivity contribution in [3.8, 4) is 0 Å². The van der Waals surface area contributed by atoms with E-state index in [4.69, 9.17) is 11.6 Å². The molecule has 1 fully saturated rings. The highest BCUT2D eigenvalue weighted by Crippen LogP contribution is 2.25. The number of pyridine rings is 1. The summed E-state index contributed by atoms with van der Waals surface area (Å²) in [4.78, 5) is 18.0. The molecule has 1 atom stereocenters. The monoisotopic (exact) mass is 348 g/mol. The fraction of sp³-hybridized carbons (Fsp3) is 0.294. The summed E-state index contributed by atoms with van der Waals surface area (Å²) < 4.78 is 13.2. The molecule has 1 saturated heterocycles. The minimum atomic E-state index is -0.426. The number of carbonyl (C=O) groups excluding carboxylic acids is 1. The van der Waals surface area contributed by atoms with Gasteiger partial charge in [0.2, 0.25) is 0 Å². The molecule has 2 N–H and O–H groups in total. The van der Waals surface area contributed by atoms with Gasteiger partial charge in [-0.15, -0.1) is 0 Å². The van der Waals surface area contributed by atoms with Gasteiger partial charge in [-0.05, 0) is 42.3 Å². The van der Waals surface area contributed by atoms with Crippen LogP contribution < -0.4 is 15.5 Å². The van der Waals surface area contributed by atoms with Crippen LogP contribution in [0.1, 0.15) is 12.0 Å². The summed E-state index contributed by atoms with van der Waals surface area (Å²) in [6, 6.07) is 8.24. The molecular weight excluding hydrogens is 331 g/mol. The molecule has 0 spiro atoms. The van der Waals surface area contributed by atoms with E-state index in [0.29, 0.717) is 13.1 Å². The van der Waals surface area contributed by atoms with Crippen molar-refractivity contribution in [1.82, 2.24) is 15.6 Å². The number of amides is 2. The zero-order valence-corrected chi connectivity index (χ0v) is 13.8. The first-order valence-electron chi connectivity index (χ1n) is 7.75. The van der Waals surface area contributed by atoms with E-state index in [1.807, 2.05) is 12.1 Å². The van der Waals surface area contributed by atoms with Crippen LogP contribution in [0, 0.1) is 5.82 Å². The first kappa shape index (κ1) is 16.5. The van der Waals surface area contributed by atoms with E-state index in [0.717, 1.165) is 24.2 Å². The molecular formula is C17H18ClFN4O. The maximum atomic E-state index is 13.2. The van der Waals surface area contributed by atoms with Crippen LogP contribution >= 0.6 is 11.6 Å². The lowest BCUT2D eigenvalue weighted by Gasteiger charge is -2.19. The summed E-state index contributed by atoms with van der Waals surface area (Å²) in [5.74, 6) is -0.426. The van der Waals surface area contributed by atoms with Crippen molar-refractivity contribution in [2.75, 3.05) is 18.0 Å². The van der Waals surface area contributed by atoms with Gasteiger partial charge < -0.3 is 15.5 Å². The van der Waals surface area contributed by atoms with Gasteiger partial charge in [-0.3, -0.25) is 4.98 Å². The molecule has 0 unspecified atom stereocenters. The van der Waals surface area contributed by atoms with Crippen molar-refractivity contribution in [1.29, 1.82) is 0 Å². The summed E-state index contributed by atoms with van der Waals surface area (Å²) in [6.45, 7) is 1.92. The third kappa shape index (κ3) is 4.14. The van der Waals surface area contributed by atoms with Crippen LogP contribution in [0.3, 0.4) is 0 Å². The average Bonchev–Trinajstić information content (AvgIpc) is 3.05. The average molecular weight is 349 g/mol. The van der Waals surface area contributed by atoms with E-state index < -0.39 is 5.82 Å². The second-order valence-electron chi connectivity index (χ2n) is 5.71. The highest BCUT2D eigenvalue weighted by Gasteiger charge is 2.24. The number of benzene rings is 1. The van der Waals surface area contributed by atoms with E-state index in [9.17, 15) is 9.18 Å². The molecule has 3 rings (SSSR count). The van der Waals surface area contributed by atoms with E-state index >= 15 is 0 Å². The molecule has 2 aromatic rings. The number of hydrogen-bond donors (Lipinski definition) is 2. The summed E-state index contributed by atoms with van der Waals surface area (Å²) in [7, 11) is 0. The van der Waals surface area contributed by atoms with E-state index in [1.165, 1.54) is 6.07 Å². The number of hydrogen-bond acceptors (Lipinski definition) is 3. The lowest BCUT2D eigenvalue weighted by atomic mass is 10.2.